The van der Waals surface area contributed by atoms with Crippen molar-refractivity contribution >= 4 is 11.9 Å². The number of aromatic nitrogens is 3. The molecule has 0 aliphatic carbocycles. The summed E-state index contributed by atoms with van der Waals surface area (Å²) in [5.74, 6) is -0.621. The predicted molar refractivity (Wildman–Crippen MR) is 62.0 cm³/mol. The summed E-state index contributed by atoms with van der Waals surface area (Å²) in [5, 5.41) is 15.4. The van der Waals surface area contributed by atoms with Crippen LogP contribution in [-0.2, 0) is 11.2 Å². The molecule has 1 fully saturated rings. The Bertz CT molecular complexity index is 465. The lowest BCUT2D eigenvalue weighted by Crippen LogP contribution is -2.53. The van der Waals surface area contributed by atoms with Crippen molar-refractivity contribution in [3.63, 3.8) is 0 Å². The summed E-state index contributed by atoms with van der Waals surface area (Å²) >= 11 is 0. The van der Waals surface area contributed by atoms with Gasteiger partial charge in [-0.2, -0.15) is 0 Å². The maximum atomic E-state index is 11.9. The average Bonchev–Trinajstić information content (AvgIpc) is 2.74. The fourth-order valence-corrected chi connectivity index (χ4v) is 1.89. The van der Waals surface area contributed by atoms with Crippen LogP contribution in [0.2, 0.25) is 0 Å². The fourth-order valence-electron chi connectivity index (χ4n) is 1.89. The lowest BCUT2D eigenvalue weighted by molar-refractivity contribution is -0.144. The van der Waals surface area contributed by atoms with Crippen LogP contribution >= 0.6 is 0 Å². The molecule has 1 saturated heterocycles. The van der Waals surface area contributed by atoms with Gasteiger partial charge in [-0.1, -0.05) is 13.8 Å². The molecule has 0 saturated carbocycles. The highest BCUT2D eigenvalue weighted by molar-refractivity contribution is 5.91. The van der Waals surface area contributed by atoms with Crippen molar-refractivity contribution in [1.82, 2.24) is 20.1 Å². The monoisotopic (exact) mass is 252 g/mol. The van der Waals surface area contributed by atoms with Crippen molar-refractivity contribution in [2.24, 2.45) is 11.8 Å². The first-order valence-corrected chi connectivity index (χ1v) is 5.96. The van der Waals surface area contributed by atoms with E-state index in [4.69, 9.17) is 5.11 Å². The van der Waals surface area contributed by atoms with E-state index in [9.17, 15) is 9.59 Å². The summed E-state index contributed by atoms with van der Waals surface area (Å²) in [5.41, 5.74) is 0. The first-order valence-electron chi connectivity index (χ1n) is 5.96. The number of rotatable bonds is 4. The number of aromatic amines is 1. The Labute approximate surface area is 104 Å². The molecule has 7 heteroatoms. The molecule has 1 unspecified atom stereocenters. The van der Waals surface area contributed by atoms with Gasteiger partial charge in [0.15, 0.2) is 0 Å². The van der Waals surface area contributed by atoms with Crippen LogP contribution in [0.15, 0.2) is 0 Å². The van der Waals surface area contributed by atoms with Crippen molar-refractivity contribution in [1.29, 1.82) is 0 Å². The molecule has 1 aromatic rings. The maximum Gasteiger partial charge on any atom is 0.306 e. The standard InChI is InChI=1S/C11H16N4O3/c1-3-8-12-9(14-13-8)10(16)15-4-7(5-15)6(2)11(17)18/h6-7H,3-5H2,1-2H3,(H,17,18)(H,12,13,14). The van der Waals surface area contributed by atoms with Gasteiger partial charge in [-0.05, 0) is 0 Å². The number of carbonyl (C=O) groups excluding carboxylic acids is 1. The highest BCUT2D eigenvalue weighted by atomic mass is 16.4. The van der Waals surface area contributed by atoms with Crippen LogP contribution in [0, 0.1) is 11.8 Å². The van der Waals surface area contributed by atoms with Crippen molar-refractivity contribution in [3.05, 3.63) is 11.6 Å². The molecule has 0 aromatic carbocycles. The minimum absolute atomic E-state index is 0.0241. The summed E-state index contributed by atoms with van der Waals surface area (Å²) in [6, 6.07) is 0. The van der Waals surface area contributed by atoms with Crippen LogP contribution < -0.4 is 0 Å². The number of H-pyrrole nitrogens is 1. The van der Waals surface area contributed by atoms with Crippen LogP contribution in [0.5, 0.6) is 0 Å². The normalized spacial score (nSPS) is 17.3. The molecule has 0 spiro atoms. The molecule has 2 N–H and O–H groups in total. The molecule has 1 atom stereocenters. The molecule has 7 nitrogen and oxygen atoms in total. The van der Waals surface area contributed by atoms with Crippen LogP contribution in [0.4, 0.5) is 0 Å². The first-order chi connectivity index (χ1) is 8.52. The third-order valence-electron chi connectivity index (χ3n) is 3.35. The van der Waals surface area contributed by atoms with E-state index in [0.29, 0.717) is 25.3 Å². The van der Waals surface area contributed by atoms with E-state index in [1.54, 1.807) is 11.8 Å². The van der Waals surface area contributed by atoms with E-state index >= 15 is 0 Å². The third-order valence-corrected chi connectivity index (χ3v) is 3.35. The zero-order valence-electron chi connectivity index (χ0n) is 10.4. The van der Waals surface area contributed by atoms with Gasteiger partial charge in [0.1, 0.15) is 5.82 Å². The van der Waals surface area contributed by atoms with Crippen LogP contribution in [-0.4, -0.2) is 50.2 Å². The van der Waals surface area contributed by atoms with Crippen molar-refractivity contribution in [3.8, 4) is 0 Å². The number of hydrogen-bond acceptors (Lipinski definition) is 4. The van der Waals surface area contributed by atoms with E-state index in [-0.39, 0.29) is 17.6 Å². The summed E-state index contributed by atoms with van der Waals surface area (Å²) in [6.45, 7) is 4.50. The van der Waals surface area contributed by atoms with Gasteiger partial charge in [0, 0.05) is 25.4 Å². The molecule has 1 aliphatic rings. The minimum Gasteiger partial charge on any atom is -0.481 e. The zero-order valence-corrected chi connectivity index (χ0v) is 10.4. The van der Waals surface area contributed by atoms with Crippen molar-refractivity contribution in [2.45, 2.75) is 20.3 Å². The van der Waals surface area contributed by atoms with E-state index in [2.05, 4.69) is 15.2 Å². The molecule has 0 radical (unpaired) electrons. The smallest absolute Gasteiger partial charge is 0.306 e. The molecule has 98 valence electrons. The maximum absolute atomic E-state index is 11.9. The summed E-state index contributed by atoms with van der Waals surface area (Å²) in [7, 11) is 0. The summed E-state index contributed by atoms with van der Waals surface area (Å²) < 4.78 is 0. The fraction of sp³-hybridized carbons (Fsp3) is 0.636. The number of aryl methyl sites for hydroxylation is 1. The molecule has 1 aliphatic heterocycles. The third kappa shape index (κ3) is 2.20. The summed E-state index contributed by atoms with van der Waals surface area (Å²) in [6.07, 6.45) is 0.693. The number of carbonyl (C=O) groups is 2. The van der Waals surface area contributed by atoms with Gasteiger partial charge in [0.25, 0.3) is 5.91 Å². The Kier molecular flexibility index (Phi) is 3.31. The zero-order chi connectivity index (χ0) is 13.3. The van der Waals surface area contributed by atoms with Crippen LogP contribution in [0.25, 0.3) is 0 Å². The van der Waals surface area contributed by atoms with Gasteiger partial charge in [-0.3, -0.25) is 14.7 Å². The number of aliphatic carboxylic acids is 1. The second-order valence-electron chi connectivity index (χ2n) is 4.56. The second-order valence-corrected chi connectivity index (χ2v) is 4.56. The molecule has 18 heavy (non-hydrogen) atoms. The average molecular weight is 252 g/mol. The topological polar surface area (TPSA) is 99.2 Å². The lowest BCUT2D eigenvalue weighted by Gasteiger charge is -2.40. The van der Waals surface area contributed by atoms with Gasteiger partial charge in [0.2, 0.25) is 5.82 Å². The van der Waals surface area contributed by atoms with E-state index in [1.807, 2.05) is 6.92 Å². The summed E-state index contributed by atoms with van der Waals surface area (Å²) in [4.78, 5) is 28.4. The molecule has 1 amide bonds. The molecule has 1 aromatic heterocycles. The SMILES string of the molecule is CCc1nc(C(=O)N2CC(C(C)C(=O)O)C2)n[nH]1. The number of nitrogens with zero attached hydrogens (tertiary/aromatic N) is 3. The quantitative estimate of drug-likeness (QED) is 0.795. The predicted octanol–water partition coefficient (Wildman–Crippen LogP) is 0.160. The Morgan fingerprint density at radius 2 is 2.22 bits per heavy atom. The van der Waals surface area contributed by atoms with E-state index in [1.165, 1.54) is 0 Å². The molecular weight excluding hydrogens is 236 g/mol. The minimum atomic E-state index is -0.821. The molecule has 2 rings (SSSR count). The van der Waals surface area contributed by atoms with Crippen molar-refractivity contribution in [2.75, 3.05) is 13.1 Å². The van der Waals surface area contributed by atoms with Crippen molar-refractivity contribution < 1.29 is 14.7 Å². The number of hydrogen-bond donors (Lipinski definition) is 2. The number of amides is 1. The van der Waals surface area contributed by atoms with Gasteiger partial charge < -0.3 is 10.0 Å². The Balaban J connectivity index is 1.92. The molecular formula is C11H16N4O3. The van der Waals surface area contributed by atoms with Gasteiger partial charge >= 0.3 is 5.97 Å². The largest absolute Gasteiger partial charge is 0.481 e. The van der Waals surface area contributed by atoms with Gasteiger partial charge in [-0.15, -0.1) is 5.10 Å². The second kappa shape index (κ2) is 4.75. The number of carboxylic acids is 1. The van der Waals surface area contributed by atoms with Gasteiger partial charge in [0.05, 0.1) is 5.92 Å². The Morgan fingerprint density at radius 3 is 2.72 bits per heavy atom. The highest BCUT2D eigenvalue weighted by Crippen LogP contribution is 2.24. The molecule has 2 heterocycles. The number of likely N-dealkylation sites (tertiary alicyclic amines) is 1. The van der Waals surface area contributed by atoms with Crippen LogP contribution in [0.1, 0.15) is 30.3 Å². The Hall–Kier alpha value is -1.92. The highest BCUT2D eigenvalue weighted by Gasteiger charge is 2.38. The van der Waals surface area contributed by atoms with E-state index in [0.717, 1.165) is 0 Å². The van der Waals surface area contributed by atoms with Gasteiger partial charge in [-0.25, -0.2) is 4.98 Å². The lowest BCUT2D eigenvalue weighted by atomic mass is 9.87. The number of carboxylic acid groups (broad SMARTS) is 1. The van der Waals surface area contributed by atoms with E-state index < -0.39 is 11.9 Å². The molecule has 0 bridgehead atoms. The number of nitrogens with one attached hydrogen (secondary N) is 1. The van der Waals surface area contributed by atoms with Crippen LogP contribution in [0.3, 0.4) is 0 Å². The first kappa shape index (κ1) is 12.5. The Morgan fingerprint density at radius 1 is 1.56 bits per heavy atom.